The van der Waals surface area contributed by atoms with Crippen LogP contribution in [0.25, 0.3) is 0 Å². The Morgan fingerprint density at radius 3 is 2.50 bits per heavy atom. The molecule has 2 heterocycles. The number of aliphatic hydroxyl groups is 1. The number of nitrogens with zero attached hydrogens (tertiary/aromatic N) is 3. The Morgan fingerprint density at radius 1 is 1.11 bits per heavy atom. The molecule has 1 aliphatic rings. The van der Waals surface area contributed by atoms with E-state index >= 15 is 0 Å². The minimum atomic E-state index is -4.56. The number of halogens is 4. The molecule has 0 aliphatic carbocycles. The monoisotopic (exact) mass is 547 g/mol. The molecule has 2 aromatic carbocycles. The van der Waals surface area contributed by atoms with Crippen LogP contribution in [0.5, 0.6) is 0 Å². The number of benzene rings is 2. The zero-order valence-electron chi connectivity index (χ0n) is 21.0. The van der Waals surface area contributed by atoms with Crippen molar-refractivity contribution < 1.29 is 23.1 Å². The largest absolute Gasteiger partial charge is 0.416 e. The normalized spacial score (nSPS) is 16.1. The topological polar surface area (TPSA) is 90.4 Å². The highest BCUT2D eigenvalue weighted by atomic mass is 35.5. The minimum Gasteiger partial charge on any atom is -0.369 e. The summed E-state index contributed by atoms with van der Waals surface area (Å²) in [4.78, 5) is 21.5. The fraction of sp³-hybridized carbons (Fsp3) is 0.370. The molecular formula is C27H29ClF3N5O2. The van der Waals surface area contributed by atoms with Gasteiger partial charge in [0.2, 0.25) is 5.91 Å². The summed E-state index contributed by atoms with van der Waals surface area (Å²) < 4.78 is 41.2. The van der Waals surface area contributed by atoms with Crippen molar-refractivity contribution in [1.82, 2.24) is 14.9 Å². The number of anilines is 2. The van der Waals surface area contributed by atoms with Gasteiger partial charge in [-0.15, -0.1) is 0 Å². The Bertz CT molecular complexity index is 1280. The number of nitrogens with one attached hydrogen (secondary N) is 2. The summed E-state index contributed by atoms with van der Waals surface area (Å²) in [6, 6.07) is 10.7. The molecule has 11 heteroatoms. The molecule has 38 heavy (non-hydrogen) atoms. The van der Waals surface area contributed by atoms with E-state index in [0.29, 0.717) is 43.0 Å². The molecule has 3 N–H and O–H groups in total. The number of carbonyl (C=O) groups is 1. The quantitative estimate of drug-likeness (QED) is 0.307. The highest BCUT2D eigenvalue weighted by Gasteiger charge is 2.33. The predicted octanol–water partition coefficient (Wildman–Crippen LogP) is 6.15. The van der Waals surface area contributed by atoms with Crippen molar-refractivity contribution in [3.63, 3.8) is 0 Å². The molecular weight excluding hydrogens is 519 g/mol. The number of alkyl halides is 3. The number of rotatable bonds is 7. The lowest BCUT2D eigenvalue weighted by atomic mass is 9.87. The first-order valence-electron chi connectivity index (χ1n) is 12.3. The van der Waals surface area contributed by atoms with Gasteiger partial charge < -0.3 is 20.6 Å². The Morgan fingerprint density at radius 2 is 1.84 bits per heavy atom. The van der Waals surface area contributed by atoms with Gasteiger partial charge in [-0.1, -0.05) is 29.8 Å². The van der Waals surface area contributed by atoms with Gasteiger partial charge >= 0.3 is 6.18 Å². The summed E-state index contributed by atoms with van der Waals surface area (Å²) >= 11 is 5.90. The molecule has 202 valence electrons. The molecule has 1 aliphatic heterocycles. The number of carbonyl (C=O) groups excluding carboxylic acids is 1. The molecule has 1 saturated heterocycles. The van der Waals surface area contributed by atoms with Crippen molar-refractivity contribution in [1.29, 1.82) is 0 Å². The number of hydrogen-bond donors (Lipinski definition) is 3. The van der Waals surface area contributed by atoms with E-state index in [0.717, 1.165) is 17.7 Å². The molecule has 1 unspecified atom stereocenters. The maximum Gasteiger partial charge on any atom is 0.416 e. The number of likely N-dealkylation sites (tertiary alicyclic amines) is 1. The smallest absolute Gasteiger partial charge is 0.369 e. The molecule has 1 amide bonds. The highest BCUT2D eigenvalue weighted by molar-refractivity contribution is 6.29. The van der Waals surface area contributed by atoms with Gasteiger partial charge in [0.25, 0.3) is 0 Å². The first-order valence-corrected chi connectivity index (χ1v) is 12.6. The van der Waals surface area contributed by atoms with Crippen LogP contribution in [0.2, 0.25) is 5.15 Å². The molecule has 1 aromatic heterocycles. The molecule has 3 aromatic rings. The third-order valence-electron chi connectivity index (χ3n) is 6.69. The summed E-state index contributed by atoms with van der Waals surface area (Å²) in [6.45, 7) is 4.38. The zero-order valence-corrected chi connectivity index (χ0v) is 21.7. The average Bonchev–Trinajstić information content (AvgIpc) is 2.88. The second kappa shape index (κ2) is 11.6. The molecule has 0 saturated carbocycles. The Labute approximate surface area is 224 Å². The van der Waals surface area contributed by atoms with Crippen LogP contribution in [0.4, 0.5) is 24.7 Å². The summed E-state index contributed by atoms with van der Waals surface area (Å²) in [5.41, 5.74) is 1.21. The molecule has 0 radical (unpaired) electrons. The number of aromatic nitrogens is 2. The zero-order chi connectivity index (χ0) is 27.4. The summed E-state index contributed by atoms with van der Waals surface area (Å²) in [6.07, 6.45) is -1.83. The van der Waals surface area contributed by atoms with Crippen LogP contribution >= 0.6 is 11.6 Å². The molecule has 1 fully saturated rings. The van der Waals surface area contributed by atoms with Crippen LogP contribution in [-0.2, 0) is 11.0 Å². The van der Waals surface area contributed by atoms with E-state index in [9.17, 15) is 23.1 Å². The lowest BCUT2D eigenvalue weighted by molar-refractivity contribution is -0.137. The lowest BCUT2D eigenvalue weighted by Gasteiger charge is -2.32. The van der Waals surface area contributed by atoms with Crippen molar-refractivity contribution in [3.8, 4) is 0 Å². The van der Waals surface area contributed by atoms with Gasteiger partial charge in [-0.2, -0.15) is 13.2 Å². The summed E-state index contributed by atoms with van der Waals surface area (Å²) in [5, 5.41) is 17.3. The van der Waals surface area contributed by atoms with Crippen molar-refractivity contribution in [3.05, 3.63) is 82.3 Å². The van der Waals surface area contributed by atoms with Gasteiger partial charge in [-0.05, 0) is 61.1 Å². The lowest BCUT2D eigenvalue weighted by Crippen LogP contribution is -2.36. The molecule has 4 rings (SSSR count). The third kappa shape index (κ3) is 6.93. The van der Waals surface area contributed by atoms with E-state index in [1.165, 1.54) is 13.1 Å². The third-order valence-corrected chi connectivity index (χ3v) is 6.87. The maximum atomic E-state index is 13.7. The Hall–Kier alpha value is -3.37. The van der Waals surface area contributed by atoms with Crippen molar-refractivity contribution in [2.45, 2.75) is 51.1 Å². The first kappa shape index (κ1) is 27.7. The standard InChI is InChI=1S/C27H29ClF3N5O2/c1-16(33-25-15-32-14-24(28)35-25)19-4-3-5-23(13-19)34-26(38)21-10-20(11-22(12-21)27(29,30)31)18-6-8-36(9-7-18)17(2)37/h3-5,10-16,18,26,34,38H,6-9H2,1-2H3,(H,33,35)/t16-,26?/m0/s1. The van der Waals surface area contributed by atoms with Crippen LogP contribution in [0.1, 0.15) is 67.1 Å². The van der Waals surface area contributed by atoms with E-state index in [1.807, 2.05) is 13.0 Å². The fourth-order valence-corrected chi connectivity index (χ4v) is 4.76. The maximum absolute atomic E-state index is 13.7. The van der Waals surface area contributed by atoms with E-state index in [2.05, 4.69) is 20.6 Å². The van der Waals surface area contributed by atoms with E-state index in [4.69, 9.17) is 11.6 Å². The highest BCUT2D eigenvalue weighted by Crippen LogP contribution is 2.37. The number of aliphatic hydroxyl groups excluding tert-OH is 1. The SMILES string of the molecule is CC(=O)N1CCC(c2cc(C(O)Nc3cccc([C@H](C)Nc4cncc(Cl)n4)c3)cc(C(F)(F)F)c2)CC1. The number of piperidine rings is 1. The van der Waals surface area contributed by atoms with Crippen molar-refractivity contribution >= 4 is 29.0 Å². The van der Waals surface area contributed by atoms with Crippen LogP contribution in [0.3, 0.4) is 0 Å². The van der Waals surface area contributed by atoms with E-state index < -0.39 is 18.0 Å². The van der Waals surface area contributed by atoms with Gasteiger partial charge in [-0.3, -0.25) is 9.78 Å². The Kier molecular flexibility index (Phi) is 8.42. The molecule has 0 bridgehead atoms. The predicted molar refractivity (Wildman–Crippen MR) is 140 cm³/mol. The van der Waals surface area contributed by atoms with Crippen molar-refractivity contribution in [2.75, 3.05) is 23.7 Å². The van der Waals surface area contributed by atoms with Gasteiger partial charge in [0, 0.05) is 31.3 Å². The first-order chi connectivity index (χ1) is 18.0. The van der Waals surface area contributed by atoms with Gasteiger partial charge in [0.05, 0.1) is 24.0 Å². The summed E-state index contributed by atoms with van der Waals surface area (Å²) in [7, 11) is 0. The van der Waals surface area contributed by atoms with Crippen LogP contribution in [-0.4, -0.2) is 39.0 Å². The van der Waals surface area contributed by atoms with E-state index in [1.54, 1.807) is 35.4 Å². The second-order valence-corrected chi connectivity index (χ2v) is 9.82. The van der Waals surface area contributed by atoms with Crippen LogP contribution in [0, 0.1) is 0 Å². The van der Waals surface area contributed by atoms with Gasteiger partial charge in [-0.25, -0.2) is 4.98 Å². The number of amides is 1. The van der Waals surface area contributed by atoms with Crippen LogP contribution in [0.15, 0.2) is 54.9 Å². The Balaban J connectivity index is 1.52. The van der Waals surface area contributed by atoms with Crippen LogP contribution < -0.4 is 10.6 Å². The fourth-order valence-electron chi connectivity index (χ4n) is 4.62. The average molecular weight is 548 g/mol. The van der Waals surface area contributed by atoms with E-state index in [-0.39, 0.29) is 28.6 Å². The minimum absolute atomic E-state index is 0.0416. The molecule has 2 atom stereocenters. The van der Waals surface area contributed by atoms with Gasteiger partial charge in [0.1, 0.15) is 11.0 Å². The molecule has 0 spiro atoms. The number of hydrogen-bond acceptors (Lipinski definition) is 6. The molecule has 7 nitrogen and oxygen atoms in total. The van der Waals surface area contributed by atoms with Crippen molar-refractivity contribution in [2.24, 2.45) is 0 Å². The van der Waals surface area contributed by atoms with Gasteiger partial charge in [0.15, 0.2) is 6.23 Å². The summed E-state index contributed by atoms with van der Waals surface area (Å²) in [5.74, 6) is 0.317. The second-order valence-electron chi connectivity index (χ2n) is 9.43.